The van der Waals surface area contributed by atoms with Crippen molar-refractivity contribution >= 4 is 11.7 Å². The Balaban J connectivity index is 1.46. The molecule has 1 saturated heterocycles. The summed E-state index contributed by atoms with van der Waals surface area (Å²) in [7, 11) is 0. The normalized spacial score (nSPS) is 16.5. The molecular formula is C22H25NO3. The van der Waals surface area contributed by atoms with Gasteiger partial charge in [-0.25, -0.2) is 0 Å². The number of likely N-dealkylation sites (tertiary alicyclic amines) is 1. The van der Waals surface area contributed by atoms with Gasteiger partial charge in [-0.3, -0.25) is 9.59 Å². The van der Waals surface area contributed by atoms with E-state index < -0.39 is 0 Å². The van der Waals surface area contributed by atoms with Crippen LogP contribution in [0.15, 0.2) is 54.6 Å². The van der Waals surface area contributed by atoms with Crippen molar-refractivity contribution in [3.63, 3.8) is 0 Å². The topological polar surface area (TPSA) is 46.6 Å². The average Bonchev–Trinajstić information content (AvgIpc) is 3.16. The van der Waals surface area contributed by atoms with Crippen LogP contribution < -0.4 is 4.74 Å². The number of carbonyl (C=O) groups excluding carboxylic acids is 2. The van der Waals surface area contributed by atoms with Gasteiger partial charge in [0.2, 0.25) is 5.91 Å². The Labute approximate surface area is 154 Å². The minimum absolute atomic E-state index is 0.0423. The predicted octanol–water partition coefficient (Wildman–Crippen LogP) is 4.41. The lowest BCUT2D eigenvalue weighted by atomic mass is 10.0. The molecule has 1 aliphatic heterocycles. The maximum absolute atomic E-state index is 12.6. The minimum Gasteiger partial charge on any atom is -0.494 e. The first-order chi connectivity index (χ1) is 12.6. The molecule has 0 radical (unpaired) electrons. The Hall–Kier alpha value is -2.62. The Morgan fingerprint density at radius 2 is 1.81 bits per heavy atom. The van der Waals surface area contributed by atoms with Crippen LogP contribution in [0.5, 0.6) is 5.75 Å². The first-order valence-electron chi connectivity index (χ1n) is 9.23. The van der Waals surface area contributed by atoms with E-state index in [-0.39, 0.29) is 17.7 Å². The number of amides is 1. The molecule has 1 fully saturated rings. The number of ether oxygens (including phenoxy) is 1. The van der Waals surface area contributed by atoms with E-state index in [4.69, 9.17) is 4.74 Å². The fourth-order valence-corrected chi connectivity index (χ4v) is 3.43. The first kappa shape index (κ1) is 18.2. The Morgan fingerprint density at radius 1 is 1.08 bits per heavy atom. The van der Waals surface area contributed by atoms with Gasteiger partial charge in [-0.1, -0.05) is 30.3 Å². The van der Waals surface area contributed by atoms with Crippen LogP contribution in [0, 0.1) is 0 Å². The van der Waals surface area contributed by atoms with Crippen LogP contribution in [-0.4, -0.2) is 29.7 Å². The molecule has 1 heterocycles. The summed E-state index contributed by atoms with van der Waals surface area (Å²) in [6.45, 7) is 2.88. The monoisotopic (exact) mass is 351 g/mol. The molecule has 1 unspecified atom stereocenters. The van der Waals surface area contributed by atoms with Gasteiger partial charge >= 0.3 is 0 Å². The smallest absolute Gasteiger partial charge is 0.223 e. The lowest BCUT2D eigenvalue weighted by Crippen LogP contribution is -2.30. The molecule has 4 heteroatoms. The highest BCUT2D eigenvalue weighted by Crippen LogP contribution is 2.32. The second kappa shape index (κ2) is 8.65. The number of carbonyl (C=O) groups is 2. The summed E-state index contributed by atoms with van der Waals surface area (Å²) in [4.78, 5) is 25.9. The maximum Gasteiger partial charge on any atom is 0.223 e. The number of hydrogen-bond acceptors (Lipinski definition) is 3. The van der Waals surface area contributed by atoms with Crippen molar-refractivity contribution in [1.29, 1.82) is 0 Å². The fourth-order valence-electron chi connectivity index (χ4n) is 3.43. The van der Waals surface area contributed by atoms with Gasteiger partial charge in [0.15, 0.2) is 5.78 Å². The number of hydrogen-bond donors (Lipinski definition) is 0. The molecule has 26 heavy (non-hydrogen) atoms. The summed E-state index contributed by atoms with van der Waals surface area (Å²) in [6, 6.07) is 17.6. The number of Topliss-reactive ketones (excluding diaryl/α,β-unsaturated/α-hetero) is 1. The van der Waals surface area contributed by atoms with Gasteiger partial charge in [-0.15, -0.1) is 0 Å². The summed E-state index contributed by atoms with van der Waals surface area (Å²) >= 11 is 0. The molecule has 0 N–H and O–H groups in total. The molecule has 4 nitrogen and oxygen atoms in total. The molecule has 2 aromatic rings. The van der Waals surface area contributed by atoms with Crippen LogP contribution in [0.4, 0.5) is 0 Å². The SMILES string of the molecule is CC(=O)c1ccc(OCCCC(=O)N2CCCC2c2ccccc2)cc1. The van der Waals surface area contributed by atoms with Crippen LogP contribution in [0.2, 0.25) is 0 Å². The standard InChI is InChI=1S/C22H25NO3/c1-17(24)18-11-13-20(14-12-18)26-16-6-10-22(25)23-15-5-9-21(23)19-7-3-2-4-8-19/h2-4,7-8,11-14,21H,5-6,9-10,15-16H2,1H3. The van der Waals surface area contributed by atoms with E-state index >= 15 is 0 Å². The zero-order valence-electron chi connectivity index (χ0n) is 15.2. The predicted molar refractivity (Wildman–Crippen MR) is 101 cm³/mol. The molecule has 0 spiro atoms. The third-order valence-electron chi connectivity index (χ3n) is 4.82. The van der Waals surface area contributed by atoms with E-state index in [2.05, 4.69) is 12.1 Å². The van der Waals surface area contributed by atoms with E-state index in [0.29, 0.717) is 25.0 Å². The van der Waals surface area contributed by atoms with Crippen molar-refractivity contribution in [3.8, 4) is 5.75 Å². The first-order valence-corrected chi connectivity index (χ1v) is 9.23. The van der Waals surface area contributed by atoms with E-state index in [1.807, 2.05) is 23.1 Å². The van der Waals surface area contributed by atoms with Gasteiger partial charge in [0.25, 0.3) is 0 Å². The van der Waals surface area contributed by atoms with E-state index in [0.717, 1.165) is 25.1 Å². The fraction of sp³-hybridized carbons (Fsp3) is 0.364. The van der Waals surface area contributed by atoms with Crippen LogP contribution in [0.3, 0.4) is 0 Å². The van der Waals surface area contributed by atoms with Gasteiger partial charge in [-0.05, 0) is 56.0 Å². The molecule has 1 aliphatic rings. The lowest BCUT2D eigenvalue weighted by molar-refractivity contribution is -0.132. The van der Waals surface area contributed by atoms with Gasteiger partial charge in [0.05, 0.1) is 12.6 Å². The van der Waals surface area contributed by atoms with E-state index in [1.165, 1.54) is 5.56 Å². The lowest BCUT2D eigenvalue weighted by Gasteiger charge is -2.25. The Bertz CT molecular complexity index is 740. The average molecular weight is 351 g/mol. The van der Waals surface area contributed by atoms with Crippen LogP contribution >= 0.6 is 0 Å². The molecule has 0 aromatic heterocycles. The summed E-state index contributed by atoms with van der Waals surface area (Å²) in [5.74, 6) is 0.971. The van der Waals surface area contributed by atoms with Crippen molar-refractivity contribution in [2.45, 2.75) is 38.6 Å². The molecular weight excluding hydrogens is 326 g/mol. The number of rotatable bonds is 7. The minimum atomic E-state index is 0.0423. The molecule has 1 amide bonds. The van der Waals surface area contributed by atoms with E-state index in [1.54, 1.807) is 31.2 Å². The Morgan fingerprint density at radius 3 is 2.50 bits per heavy atom. The van der Waals surface area contributed by atoms with Crippen molar-refractivity contribution in [2.24, 2.45) is 0 Å². The van der Waals surface area contributed by atoms with Crippen molar-refractivity contribution < 1.29 is 14.3 Å². The van der Waals surface area contributed by atoms with Crippen molar-refractivity contribution in [1.82, 2.24) is 4.90 Å². The highest BCUT2D eigenvalue weighted by atomic mass is 16.5. The summed E-state index contributed by atoms with van der Waals surface area (Å²) in [5, 5.41) is 0. The highest BCUT2D eigenvalue weighted by Gasteiger charge is 2.29. The summed E-state index contributed by atoms with van der Waals surface area (Å²) < 4.78 is 5.68. The van der Waals surface area contributed by atoms with Gasteiger partial charge in [-0.2, -0.15) is 0 Å². The number of ketones is 1. The van der Waals surface area contributed by atoms with Crippen LogP contribution in [0.25, 0.3) is 0 Å². The van der Waals surface area contributed by atoms with Gasteiger partial charge < -0.3 is 9.64 Å². The Kier molecular flexibility index (Phi) is 6.05. The maximum atomic E-state index is 12.6. The highest BCUT2D eigenvalue weighted by molar-refractivity contribution is 5.94. The van der Waals surface area contributed by atoms with Gasteiger partial charge in [0, 0.05) is 18.5 Å². The molecule has 1 atom stereocenters. The zero-order chi connectivity index (χ0) is 18.4. The largest absolute Gasteiger partial charge is 0.494 e. The quantitative estimate of drug-likeness (QED) is 0.548. The molecule has 2 aromatic carbocycles. The molecule has 0 saturated carbocycles. The van der Waals surface area contributed by atoms with Crippen molar-refractivity contribution in [2.75, 3.05) is 13.2 Å². The number of nitrogens with zero attached hydrogens (tertiary/aromatic N) is 1. The molecule has 3 rings (SSSR count). The molecule has 136 valence electrons. The second-order valence-electron chi connectivity index (χ2n) is 6.69. The second-order valence-corrected chi connectivity index (χ2v) is 6.69. The summed E-state index contributed by atoms with van der Waals surface area (Å²) in [6.07, 6.45) is 3.28. The van der Waals surface area contributed by atoms with E-state index in [9.17, 15) is 9.59 Å². The third-order valence-corrected chi connectivity index (χ3v) is 4.82. The van der Waals surface area contributed by atoms with Crippen LogP contribution in [-0.2, 0) is 4.79 Å². The molecule has 0 bridgehead atoms. The summed E-state index contributed by atoms with van der Waals surface area (Å²) in [5.41, 5.74) is 1.90. The molecule has 0 aliphatic carbocycles. The zero-order valence-corrected chi connectivity index (χ0v) is 15.2. The van der Waals surface area contributed by atoms with Crippen molar-refractivity contribution in [3.05, 3.63) is 65.7 Å². The number of benzene rings is 2. The third kappa shape index (κ3) is 4.51. The van der Waals surface area contributed by atoms with Gasteiger partial charge in [0.1, 0.15) is 5.75 Å². The van der Waals surface area contributed by atoms with Crippen LogP contribution in [0.1, 0.15) is 54.6 Å².